The van der Waals surface area contributed by atoms with Crippen molar-refractivity contribution in [3.63, 3.8) is 0 Å². The summed E-state index contributed by atoms with van der Waals surface area (Å²) in [6.45, 7) is 4.75. The summed E-state index contributed by atoms with van der Waals surface area (Å²) in [5, 5.41) is 4.75. The molecule has 1 aromatic carbocycles. The first-order valence-electron chi connectivity index (χ1n) is 7.38. The van der Waals surface area contributed by atoms with Crippen molar-refractivity contribution in [2.75, 3.05) is 13.1 Å². The van der Waals surface area contributed by atoms with Crippen LogP contribution in [0.4, 0.5) is 0 Å². The molecular formula is C17H22N2. The van der Waals surface area contributed by atoms with Crippen LogP contribution in [0.15, 0.2) is 36.4 Å². The molecule has 0 radical (unpaired) electrons. The Morgan fingerprint density at radius 1 is 1.21 bits per heavy atom. The summed E-state index contributed by atoms with van der Waals surface area (Å²) in [6, 6.07) is 12.7. The molecule has 19 heavy (non-hydrogen) atoms. The molecule has 0 aliphatic carbocycles. The van der Waals surface area contributed by atoms with Gasteiger partial charge in [0.2, 0.25) is 0 Å². The molecular weight excluding hydrogens is 232 g/mol. The predicted molar refractivity (Wildman–Crippen MR) is 80.2 cm³/mol. The minimum atomic E-state index is 0.807. The lowest BCUT2D eigenvalue weighted by Crippen LogP contribution is -2.35. The van der Waals surface area contributed by atoms with Crippen molar-refractivity contribution in [1.82, 2.24) is 10.3 Å². The highest BCUT2D eigenvalue weighted by molar-refractivity contribution is 5.78. The zero-order chi connectivity index (χ0) is 13.1. The van der Waals surface area contributed by atoms with E-state index < -0.39 is 0 Å². The number of aromatic nitrogens is 1. The summed E-state index contributed by atoms with van der Waals surface area (Å²) in [5.41, 5.74) is 2.35. The molecule has 1 N–H and O–H groups in total. The average Bonchev–Trinajstić information content (AvgIpc) is 2.46. The van der Waals surface area contributed by atoms with Crippen LogP contribution in [0, 0.1) is 11.8 Å². The third-order valence-electron chi connectivity index (χ3n) is 4.42. The summed E-state index contributed by atoms with van der Waals surface area (Å²) in [4.78, 5) is 4.76. The van der Waals surface area contributed by atoms with Gasteiger partial charge in [-0.2, -0.15) is 0 Å². The fourth-order valence-corrected chi connectivity index (χ4v) is 3.02. The predicted octanol–water partition coefficient (Wildman–Crippen LogP) is 3.41. The Morgan fingerprint density at radius 2 is 2.11 bits per heavy atom. The lowest BCUT2D eigenvalue weighted by Gasteiger charge is -2.29. The molecule has 0 amide bonds. The van der Waals surface area contributed by atoms with Gasteiger partial charge < -0.3 is 5.32 Å². The van der Waals surface area contributed by atoms with Gasteiger partial charge in [0.25, 0.3) is 0 Å². The molecule has 0 bridgehead atoms. The van der Waals surface area contributed by atoms with Crippen molar-refractivity contribution >= 4 is 10.9 Å². The van der Waals surface area contributed by atoms with E-state index in [-0.39, 0.29) is 0 Å². The van der Waals surface area contributed by atoms with Gasteiger partial charge in [-0.25, -0.2) is 0 Å². The van der Waals surface area contributed by atoms with Crippen LogP contribution in [0.5, 0.6) is 0 Å². The van der Waals surface area contributed by atoms with E-state index in [1.54, 1.807) is 0 Å². The van der Waals surface area contributed by atoms with Crippen molar-refractivity contribution in [1.29, 1.82) is 0 Å². The maximum atomic E-state index is 4.76. The smallest absolute Gasteiger partial charge is 0.0705 e. The third kappa shape index (κ3) is 2.95. The molecule has 2 nitrogen and oxygen atoms in total. The van der Waals surface area contributed by atoms with Crippen molar-refractivity contribution in [2.24, 2.45) is 11.8 Å². The minimum absolute atomic E-state index is 0.807. The largest absolute Gasteiger partial charge is 0.316 e. The summed E-state index contributed by atoms with van der Waals surface area (Å²) in [5.74, 6) is 1.66. The van der Waals surface area contributed by atoms with Crippen LogP contribution < -0.4 is 5.32 Å². The second-order valence-corrected chi connectivity index (χ2v) is 5.76. The number of aryl methyl sites for hydroxylation is 1. The molecule has 1 saturated heterocycles. The van der Waals surface area contributed by atoms with Crippen LogP contribution in [0.3, 0.4) is 0 Å². The van der Waals surface area contributed by atoms with Gasteiger partial charge in [0.05, 0.1) is 5.52 Å². The van der Waals surface area contributed by atoms with E-state index in [0.29, 0.717) is 0 Å². The van der Waals surface area contributed by atoms with Gasteiger partial charge in [0.1, 0.15) is 0 Å². The fraction of sp³-hybridized carbons (Fsp3) is 0.471. The number of pyridine rings is 1. The standard InChI is InChI=1S/C17H22N2/c1-13-10-11-18-12-15(13)7-9-16-8-6-14-4-2-3-5-17(14)19-16/h2-6,8,13,15,18H,7,9-12H2,1H3. The van der Waals surface area contributed by atoms with Crippen LogP contribution in [-0.4, -0.2) is 18.1 Å². The Balaban J connectivity index is 1.67. The van der Waals surface area contributed by atoms with Crippen molar-refractivity contribution in [2.45, 2.75) is 26.2 Å². The van der Waals surface area contributed by atoms with E-state index in [9.17, 15) is 0 Å². The van der Waals surface area contributed by atoms with Gasteiger partial charge in [0.15, 0.2) is 0 Å². The minimum Gasteiger partial charge on any atom is -0.316 e. The number of hydrogen-bond donors (Lipinski definition) is 1. The number of piperidine rings is 1. The molecule has 2 atom stereocenters. The van der Waals surface area contributed by atoms with Crippen molar-refractivity contribution in [3.8, 4) is 0 Å². The number of benzene rings is 1. The number of nitrogens with zero attached hydrogens (tertiary/aromatic N) is 1. The van der Waals surface area contributed by atoms with E-state index in [1.807, 2.05) is 0 Å². The molecule has 1 fully saturated rings. The highest BCUT2D eigenvalue weighted by atomic mass is 14.9. The Hall–Kier alpha value is -1.41. The first-order valence-corrected chi connectivity index (χ1v) is 7.38. The summed E-state index contributed by atoms with van der Waals surface area (Å²) in [7, 11) is 0. The Labute approximate surface area is 115 Å². The monoisotopic (exact) mass is 254 g/mol. The average molecular weight is 254 g/mol. The van der Waals surface area contributed by atoms with E-state index in [2.05, 4.69) is 48.6 Å². The van der Waals surface area contributed by atoms with Gasteiger partial charge in [-0.3, -0.25) is 4.98 Å². The molecule has 1 aliphatic heterocycles. The Bertz CT molecular complexity index is 550. The summed E-state index contributed by atoms with van der Waals surface area (Å²) < 4.78 is 0. The zero-order valence-electron chi connectivity index (χ0n) is 11.6. The number of nitrogens with one attached hydrogen (secondary N) is 1. The topological polar surface area (TPSA) is 24.9 Å². The van der Waals surface area contributed by atoms with E-state index in [1.165, 1.54) is 37.0 Å². The zero-order valence-corrected chi connectivity index (χ0v) is 11.6. The molecule has 0 spiro atoms. The number of rotatable bonds is 3. The van der Waals surface area contributed by atoms with Gasteiger partial charge in [-0.05, 0) is 56.3 Å². The van der Waals surface area contributed by atoms with E-state index in [0.717, 1.165) is 23.8 Å². The van der Waals surface area contributed by atoms with Gasteiger partial charge in [-0.15, -0.1) is 0 Å². The second-order valence-electron chi connectivity index (χ2n) is 5.76. The SMILES string of the molecule is CC1CCNCC1CCc1ccc2ccccc2n1. The lowest BCUT2D eigenvalue weighted by atomic mass is 9.84. The third-order valence-corrected chi connectivity index (χ3v) is 4.42. The molecule has 2 aromatic rings. The molecule has 100 valence electrons. The molecule has 2 heteroatoms. The molecule has 1 aromatic heterocycles. The highest BCUT2D eigenvalue weighted by Gasteiger charge is 2.20. The highest BCUT2D eigenvalue weighted by Crippen LogP contribution is 2.23. The van der Waals surface area contributed by atoms with Crippen LogP contribution in [-0.2, 0) is 6.42 Å². The fourth-order valence-electron chi connectivity index (χ4n) is 3.02. The lowest BCUT2D eigenvalue weighted by molar-refractivity contribution is 0.259. The van der Waals surface area contributed by atoms with Crippen LogP contribution in [0.2, 0.25) is 0 Å². The Kier molecular flexibility index (Phi) is 3.79. The van der Waals surface area contributed by atoms with Crippen LogP contribution in [0.25, 0.3) is 10.9 Å². The molecule has 3 rings (SSSR count). The summed E-state index contributed by atoms with van der Waals surface area (Å²) in [6.07, 6.45) is 3.66. The molecule has 2 heterocycles. The van der Waals surface area contributed by atoms with E-state index in [4.69, 9.17) is 4.98 Å². The van der Waals surface area contributed by atoms with E-state index >= 15 is 0 Å². The molecule has 0 saturated carbocycles. The van der Waals surface area contributed by atoms with Gasteiger partial charge >= 0.3 is 0 Å². The first kappa shape index (κ1) is 12.6. The normalized spacial score (nSPS) is 23.6. The summed E-state index contributed by atoms with van der Waals surface area (Å²) >= 11 is 0. The van der Waals surface area contributed by atoms with Crippen molar-refractivity contribution < 1.29 is 0 Å². The van der Waals surface area contributed by atoms with Gasteiger partial charge in [0, 0.05) is 11.1 Å². The second kappa shape index (κ2) is 5.70. The molecule has 2 unspecified atom stereocenters. The maximum Gasteiger partial charge on any atom is 0.0705 e. The number of fused-ring (bicyclic) bond motifs is 1. The first-order chi connectivity index (χ1) is 9.33. The van der Waals surface area contributed by atoms with Gasteiger partial charge in [-0.1, -0.05) is 31.2 Å². The Morgan fingerprint density at radius 3 is 3.00 bits per heavy atom. The maximum absolute atomic E-state index is 4.76. The van der Waals surface area contributed by atoms with Crippen LogP contribution >= 0.6 is 0 Å². The number of para-hydroxylation sites is 1. The number of hydrogen-bond acceptors (Lipinski definition) is 2. The van der Waals surface area contributed by atoms with Crippen LogP contribution in [0.1, 0.15) is 25.5 Å². The quantitative estimate of drug-likeness (QED) is 0.908. The molecule has 1 aliphatic rings. The van der Waals surface area contributed by atoms with Crippen molar-refractivity contribution in [3.05, 3.63) is 42.1 Å².